The first-order valence-electron chi connectivity index (χ1n) is 3.57. The Kier molecular flexibility index (Phi) is 3.50. The van der Waals surface area contributed by atoms with Crippen molar-refractivity contribution in [2.75, 3.05) is 6.61 Å². The Hall–Kier alpha value is -0.320. The number of halogens is 4. The first-order chi connectivity index (χ1) is 5.20. The van der Waals surface area contributed by atoms with E-state index in [2.05, 4.69) is 0 Å². The molecule has 0 heterocycles. The average Bonchev–Trinajstić information content (AvgIpc) is 1.84. The fraction of sp³-hybridized carbons (Fsp3) is 1.00. The molecular weight excluding hydrogens is 176 g/mol. The third-order valence-corrected chi connectivity index (χ3v) is 1.63. The van der Waals surface area contributed by atoms with Gasteiger partial charge in [-0.25, -0.2) is 4.39 Å². The van der Waals surface area contributed by atoms with Crippen LogP contribution in [-0.2, 0) is 0 Å². The Morgan fingerprint density at radius 3 is 1.92 bits per heavy atom. The second kappa shape index (κ2) is 3.60. The van der Waals surface area contributed by atoms with Crippen molar-refractivity contribution in [2.45, 2.75) is 32.1 Å². The van der Waals surface area contributed by atoms with Crippen LogP contribution in [0.1, 0.15) is 20.3 Å². The van der Waals surface area contributed by atoms with Gasteiger partial charge >= 0.3 is 6.18 Å². The number of hydrogen-bond donors (Lipinski definition) is 1. The first kappa shape index (κ1) is 11.7. The van der Waals surface area contributed by atoms with Crippen LogP contribution in [0.3, 0.4) is 0 Å². The number of alkyl halides is 4. The molecule has 0 aliphatic rings. The lowest BCUT2D eigenvalue weighted by Gasteiger charge is -2.25. The molecule has 0 amide bonds. The molecule has 1 nitrogen and oxygen atoms in total. The van der Waals surface area contributed by atoms with Gasteiger partial charge in [-0.05, 0) is 19.3 Å². The van der Waals surface area contributed by atoms with Gasteiger partial charge in [0.1, 0.15) is 0 Å². The highest BCUT2D eigenvalue weighted by atomic mass is 19.4. The van der Waals surface area contributed by atoms with Crippen LogP contribution in [0.2, 0.25) is 0 Å². The molecular formula is C7H12F4O. The molecule has 2 atom stereocenters. The van der Waals surface area contributed by atoms with Crippen LogP contribution in [0.5, 0.6) is 0 Å². The highest BCUT2D eigenvalue weighted by Crippen LogP contribution is 2.38. The van der Waals surface area contributed by atoms with Crippen LogP contribution in [-0.4, -0.2) is 23.6 Å². The Balaban J connectivity index is 4.22. The monoisotopic (exact) mass is 188 g/mol. The van der Waals surface area contributed by atoms with Crippen LogP contribution in [0.25, 0.3) is 0 Å². The lowest BCUT2D eigenvalue weighted by molar-refractivity contribution is -0.229. The van der Waals surface area contributed by atoms with E-state index in [4.69, 9.17) is 5.11 Å². The molecule has 0 rings (SSSR count). The Morgan fingerprint density at radius 2 is 1.67 bits per heavy atom. The number of rotatable bonds is 3. The van der Waals surface area contributed by atoms with Crippen LogP contribution in [0, 0.1) is 5.92 Å². The number of aliphatic hydroxyl groups excluding tert-OH is 1. The van der Waals surface area contributed by atoms with Crippen molar-refractivity contribution in [3.05, 3.63) is 0 Å². The van der Waals surface area contributed by atoms with Crippen molar-refractivity contribution >= 4 is 0 Å². The first-order valence-corrected chi connectivity index (χ1v) is 3.57. The summed E-state index contributed by atoms with van der Waals surface area (Å²) in [6, 6.07) is 0. The van der Waals surface area contributed by atoms with Gasteiger partial charge in [-0.3, -0.25) is 0 Å². The number of hydrogen-bond acceptors (Lipinski definition) is 1. The van der Waals surface area contributed by atoms with Gasteiger partial charge in [0.15, 0.2) is 0 Å². The van der Waals surface area contributed by atoms with E-state index in [1.54, 1.807) is 0 Å². The quantitative estimate of drug-likeness (QED) is 0.674. The smallest absolute Gasteiger partial charge is 0.396 e. The minimum Gasteiger partial charge on any atom is -0.396 e. The van der Waals surface area contributed by atoms with E-state index in [-0.39, 0.29) is 0 Å². The van der Waals surface area contributed by atoms with E-state index in [0.29, 0.717) is 6.92 Å². The molecule has 74 valence electrons. The maximum atomic E-state index is 12.8. The SMILES string of the molecule is CC(CO)CC(C)(F)C(F)(F)F. The van der Waals surface area contributed by atoms with Gasteiger partial charge < -0.3 is 5.11 Å². The molecule has 0 aromatic carbocycles. The molecule has 0 aromatic rings. The second-order valence-electron chi connectivity index (χ2n) is 3.19. The van der Waals surface area contributed by atoms with E-state index in [1.807, 2.05) is 0 Å². The molecule has 0 bridgehead atoms. The molecule has 1 N–H and O–H groups in total. The minimum atomic E-state index is -4.85. The molecule has 5 heteroatoms. The summed E-state index contributed by atoms with van der Waals surface area (Å²) in [5, 5.41) is 8.43. The summed E-state index contributed by atoms with van der Waals surface area (Å²) in [7, 11) is 0. The van der Waals surface area contributed by atoms with Gasteiger partial charge in [-0.1, -0.05) is 6.92 Å². The molecule has 0 radical (unpaired) electrons. The van der Waals surface area contributed by atoms with Crippen LogP contribution < -0.4 is 0 Å². The van der Waals surface area contributed by atoms with Gasteiger partial charge in [0.25, 0.3) is 0 Å². The highest BCUT2D eigenvalue weighted by molar-refractivity contribution is 4.83. The normalized spacial score (nSPS) is 20.2. The van der Waals surface area contributed by atoms with E-state index in [1.165, 1.54) is 6.92 Å². The average molecular weight is 188 g/mol. The molecule has 12 heavy (non-hydrogen) atoms. The standard InChI is InChI=1S/C7H12F4O/c1-5(4-12)3-6(2,8)7(9,10)11/h5,12H,3-4H2,1-2H3. The summed E-state index contributed by atoms with van der Waals surface area (Å²) in [4.78, 5) is 0. The van der Waals surface area contributed by atoms with Gasteiger partial charge in [0.2, 0.25) is 5.67 Å². The summed E-state index contributed by atoms with van der Waals surface area (Å²) in [5.74, 6) is -0.679. The molecule has 0 saturated carbocycles. The van der Waals surface area contributed by atoms with Gasteiger partial charge in [0, 0.05) is 6.61 Å². The topological polar surface area (TPSA) is 20.2 Å². The summed E-state index contributed by atoms with van der Waals surface area (Å²) >= 11 is 0. The molecule has 0 spiro atoms. The highest BCUT2D eigenvalue weighted by Gasteiger charge is 2.52. The third-order valence-electron chi connectivity index (χ3n) is 1.63. The zero-order valence-corrected chi connectivity index (χ0v) is 6.95. The van der Waals surface area contributed by atoms with Crippen molar-refractivity contribution in [1.29, 1.82) is 0 Å². The van der Waals surface area contributed by atoms with Crippen LogP contribution >= 0.6 is 0 Å². The fourth-order valence-corrected chi connectivity index (χ4v) is 0.835. The Labute approximate surface area is 68.4 Å². The lowest BCUT2D eigenvalue weighted by Crippen LogP contribution is -2.39. The van der Waals surface area contributed by atoms with Crippen molar-refractivity contribution in [3.63, 3.8) is 0 Å². The largest absolute Gasteiger partial charge is 0.422 e. The summed E-state index contributed by atoms with van der Waals surface area (Å²) in [6.07, 6.45) is -5.55. The second-order valence-corrected chi connectivity index (χ2v) is 3.19. The summed E-state index contributed by atoms with van der Waals surface area (Å²) in [6.45, 7) is 1.41. The van der Waals surface area contributed by atoms with Gasteiger partial charge in [0.05, 0.1) is 0 Å². The molecule has 0 aliphatic carbocycles. The molecule has 0 saturated heterocycles. The summed E-state index contributed by atoms with van der Waals surface area (Å²) in [5.41, 5.74) is -3.20. The zero-order chi connectivity index (χ0) is 9.99. The van der Waals surface area contributed by atoms with Crippen LogP contribution in [0.4, 0.5) is 17.6 Å². The maximum absolute atomic E-state index is 12.8. The van der Waals surface area contributed by atoms with E-state index < -0.39 is 30.8 Å². The summed E-state index contributed by atoms with van der Waals surface area (Å²) < 4.78 is 48.4. The van der Waals surface area contributed by atoms with Crippen molar-refractivity contribution in [1.82, 2.24) is 0 Å². The molecule has 0 aromatic heterocycles. The number of aliphatic hydroxyl groups is 1. The molecule has 0 aliphatic heterocycles. The maximum Gasteiger partial charge on any atom is 0.422 e. The fourth-order valence-electron chi connectivity index (χ4n) is 0.835. The van der Waals surface area contributed by atoms with Crippen LogP contribution in [0.15, 0.2) is 0 Å². The third kappa shape index (κ3) is 2.97. The minimum absolute atomic E-state index is 0.435. The Morgan fingerprint density at radius 1 is 1.25 bits per heavy atom. The predicted molar refractivity (Wildman–Crippen MR) is 36.4 cm³/mol. The molecule has 2 unspecified atom stereocenters. The van der Waals surface area contributed by atoms with Gasteiger partial charge in [-0.2, -0.15) is 13.2 Å². The van der Waals surface area contributed by atoms with Crippen molar-refractivity contribution in [2.24, 2.45) is 5.92 Å². The van der Waals surface area contributed by atoms with E-state index in [9.17, 15) is 17.6 Å². The lowest BCUT2D eigenvalue weighted by atomic mass is 9.95. The van der Waals surface area contributed by atoms with Crippen molar-refractivity contribution < 1.29 is 22.7 Å². The molecule has 0 fully saturated rings. The van der Waals surface area contributed by atoms with E-state index in [0.717, 1.165) is 0 Å². The van der Waals surface area contributed by atoms with Gasteiger partial charge in [-0.15, -0.1) is 0 Å². The van der Waals surface area contributed by atoms with Crippen molar-refractivity contribution in [3.8, 4) is 0 Å². The predicted octanol–water partition coefficient (Wildman–Crippen LogP) is 2.30. The zero-order valence-electron chi connectivity index (χ0n) is 6.95. The Bertz CT molecular complexity index is 141. The van der Waals surface area contributed by atoms with E-state index >= 15 is 0 Å².